The molecule has 0 aliphatic carbocycles. The maximum absolute atomic E-state index is 10.2. The van der Waals surface area contributed by atoms with E-state index in [0.29, 0.717) is 0 Å². The van der Waals surface area contributed by atoms with Gasteiger partial charge in [-0.3, -0.25) is 0 Å². The summed E-state index contributed by atoms with van der Waals surface area (Å²) in [5.41, 5.74) is 0.874. The molecule has 0 fully saturated rings. The SMILES string of the molecule is CCC(=C=O)C(C)(C)C. The first-order chi connectivity index (χ1) is 4.02. The highest BCUT2D eigenvalue weighted by molar-refractivity contribution is 5.54. The van der Waals surface area contributed by atoms with Crippen LogP contribution < -0.4 is 0 Å². The molecule has 9 heavy (non-hydrogen) atoms. The van der Waals surface area contributed by atoms with Gasteiger partial charge < -0.3 is 0 Å². The van der Waals surface area contributed by atoms with Crippen molar-refractivity contribution >= 4 is 5.94 Å². The van der Waals surface area contributed by atoms with Crippen molar-refractivity contribution in [3.63, 3.8) is 0 Å². The second-order valence-corrected chi connectivity index (χ2v) is 3.18. The first-order valence-electron chi connectivity index (χ1n) is 3.26. The molecule has 0 amide bonds. The van der Waals surface area contributed by atoms with Gasteiger partial charge in [0.1, 0.15) is 5.94 Å². The second-order valence-electron chi connectivity index (χ2n) is 3.18. The summed E-state index contributed by atoms with van der Waals surface area (Å²) >= 11 is 0. The molecule has 0 aliphatic rings. The molecule has 0 saturated heterocycles. The maximum Gasteiger partial charge on any atom is 0.124 e. The Morgan fingerprint density at radius 3 is 1.89 bits per heavy atom. The van der Waals surface area contributed by atoms with E-state index >= 15 is 0 Å². The average molecular weight is 126 g/mol. The van der Waals surface area contributed by atoms with Crippen LogP contribution in [-0.4, -0.2) is 5.94 Å². The van der Waals surface area contributed by atoms with Crippen LogP contribution in [0.2, 0.25) is 0 Å². The second kappa shape index (κ2) is 2.84. The zero-order valence-corrected chi connectivity index (χ0v) is 6.62. The van der Waals surface area contributed by atoms with Crippen LogP contribution in [0.4, 0.5) is 0 Å². The molecule has 0 bridgehead atoms. The molecule has 0 unspecified atom stereocenters. The number of allylic oxidation sites excluding steroid dienone is 1. The Bertz CT molecular complexity index is 133. The van der Waals surface area contributed by atoms with Crippen molar-refractivity contribution in [1.29, 1.82) is 0 Å². The van der Waals surface area contributed by atoms with E-state index in [4.69, 9.17) is 0 Å². The minimum absolute atomic E-state index is 0.0104. The van der Waals surface area contributed by atoms with Crippen LogP contribution in [-0.2, 0) is 4.79 Å². The van der Waals surface area contributed by atoms with E-state index in [2.05, 4.69) is 0 Å². The molecule has 0 aromatic rings. The van der Waals surface area contributed by atoms with Crippen LogP contribution in [0.5, 0.6) is 0 Å². The summed E-state index contributed by atoms with van der Waals surface area (Å²) < 4.78 is 0. The smallest absolute Gasteiger partial charge is 0.124 e. The summed E-state index contributed by atoms with van der Waals surface area (Å²) in [6.07, 6.45) is 0.812. The summed E-state index contributed by atoms with van der Waals surface area (Å²) in [4.78, 5) is 10.2. The zero-order chi connectivity index (χ0) is 7.49. The molecule has 0 radical (unpaired) electrons. The number of carbonyl (C=O) groups excluding carboxylic acids is 1. The van der Waals surface area contributed by atoms with Crippen LogP contribution in [0, 0.1) is 5.41 Å². The third kappa shape index (κ3) is 2.48. The fourth-order valence-corrected chi connectivity index (χ4v) is 0.756. The van der Waals surface area contributed by atoms with Crippen LogP contribution >= 0.6 is 0 Å². The van der Waals surface area contributed by atoms with Crippen LogP contribution in [0.1, 0.15) is 34.1 Å². The number of rotatable bonds is 1. The van der Waals surface area contributed by atoms with Crippen molar-refractivity contribution in [3.8, 4) is 0 Å². The first-order valence-corrected chi connectivity index (χ1v) is 3.26. The summed E-state index contributed by atoms with van der Waals surface area (Å²) in [6.45, 7) is 8.05. The van der Waals surface area contributed by atoms with Crippen molar-refractivity contribution in [3.05, 3.63) is 5.57 Å². The first kappa shape index (κ1) is 8.45. The highest BCUT2D eigenvalue weighted by Gasteiger charge is 2.15. The third-order valence-electron chi connectivity index (χ3n) is 1.38. The van der Waals surface area contributed by atoms with Crippen LogP contribution in [0.15, 0.2) is 5.57 Å². The molecule has 0 rings (SSSR count). The normalized spacial score (nSPS) is 10.7. The van der Waals surface area contributed by atoms with E-state index in [9.17, 15) is 4.79 Å². The Hall–Kier alpha value is -0.550. The minimum atomic E-state index is 0.0104. The van der Waals surface area contributed by atoms with Gasteiger partial charge in [-0.05, 0) is 11.8 Å². The Kier molecular flexibility index (Phi) is 2.66. The van der Waals surface area contributed by atoms with Gasteiger partial charge in [-0.25, -0.2) is 4.79 Å². The van der Waals surface area contributed by atoms with Crippen molar-refractivity contribution in [2.24, 2.45) is 5.41 Å². The molecule has 52 valence electrons. The lowest BCUT2D eigenvalue weighted by atomic mass is 9.86. The largest absolute Gasteiger partial charge is 0.234 e. The van der Waals surface area contributed by atoms with Crippen molar-refractivity contribution < 1.29 is 4.79 Å². The Balaban J connectivity index is 4.33. The molecule has 0 aliphatic heterocycles. The molecule has 0 saturated carbocycles. The summed E-state index contributed by atoms with van der Waals surface area (Å²) in [6, 6.07) is 0. The van der Waals surface area contributed by atoms with Crippen LogP contribution in [0.25, 0.3) is 0 Å². The molecule has 1 nitrogen and oxygen atoms in total. The van der Waals surface area contributed by atoms with E-state index in [-0.39, 0.29) is 5.41 Å². The predicted molar refractivity (Wildman–Crippen MR) is 39.0 cm³/mol. The lowest BCUT2D eigenvalue weighted by Crippen LogP contribution is -2.08. The summed E-state index contributed by atoms with van der Waals surface area (Å²) in [5.74, 6) is 1.96. The Labute approximate surface area is 56.8 Å². The van der Waals surface area contributed by atoms with E-state index in [0.717, 1.165) is 12.0 Å². The fraction of sp³-hybridized carbons (Fsp3) is 0.750. The van der Waals surface area contributed by atoms with Gasteiger partial charge in [0.15, 0.2) is 0 Å². The third-order valence-corrected chi connectivity index (χ3v) is 1.38. The highest BCUT2D eigenvalue weighted by Crippen LogP contribution is 2.24. The van der Waals surface area contributed by atoms with E-state index in [1.54, 1.807) is 0 Å². The minimum Gasteiger partial charge on any atom is -0.234 e. The van der Waals surface area contributed by atoms with Crippen LogP contribution in [0.3, 0.4) is 0 Å². The summed E-state index contributed by atoms with van der Waals surface area (Å²) in [7, 11) is 0. The number of hydrogen-bond donors (Lipinski definition) is 0. The lowest BCUT2D eigenvalue weighted by Gasteiger charge is -2.17. The van der Waals surface area contributed by atoms with Crippen molar-refractivity contribution in [2.45, 2.75) is 34.1 Å². The molecule has 0 aromatic heterocycles. The predicted octanol–water partition coefficient (Wildman–Crippen LogP) is 2.20. The van der Waals surface area contributed by atoms with Gasteiger partial charge in [0.05, 0.1) is 0 Å². The molecule has 0 spiro atoms. The molecule has 1 heteroatoms. The average Bonchev–Trinajstić information content (AvgIpc) is 1.65. The van der Waals surface area contributed by atoms with Gasteiger partial charge in [-0.1, -0.05) is 27.7 Å². The highest BCUT2D eigenvalue weighted by atomic mass is 16.1. The molecule has 0 aromatic carbocycles. The molecule has 0 atom stereocenters. The van der Waals surface area contributed by atoms with Crippen molar-refractivity contribution in [1.82, 2.24) is 0 Å². The Morgan fingerprint density at radius 2 is 1.89 bits per heavy atom. The van der Waals surface area contributed by atoms with Gasteiger partial charge in [-0.15, -0.1) is 0 Å². The molecular weight excluding hydrogens is 112 g/mol. The Morgan fingerprint density at radius 1 is 1.44 bits per heavy atom. The van der Waals surface area contributed by atoms with Gasteiger partial charge >= 0.3 is 0 Å². The maximum atomic E-state index is 10.2. The van der Waals surface area contributed by atoms with Crippen molar-refractivity contribution in [2.75, 3.05) is 0 Å². The quantitative estimate of drug-likeness (QED) is 0.492. The lowest BCUT2D eigenvalue weighted by molar-refractivity contribution is 0.483. The van der Waals surface area contributed by atoms with Gasteiger partial charge in [-0.2, -0.15) is 0 Å². The standard InChI is InChI=1S/C8H14O/c1-5-7(6-9)8(2,3)4/h5H2,1-4H3. The van der Waals surface area contributed by atoms with Gasteiger partial charge in [0, 0.05) is 5.57 Å². The van der Waals surface area contributed by atoms with E-state index in [1.807, 2.05) is 33.6 Å². The molecule has 0 N–H and O–H groups in total. The fourth-order valence-electron chi connectivity index (χ4n) is 0.756. The monoisotopic (exact) mass is 126 g/mol. The molecular formula is C8H14O. The van der Waals surface area contributed by atoms with E-state index < -0.39 is 0 Å². The van der Waals surface area contributed by atoms with Gasteiger partial charge in [0.2, 0.25) is 0 Å². The topological polar surface area (TPSA) is 17.1 Å². The molecule has 0 heterocycles. The number of hydrogen-bond acceptors (Lipinski definition) is 1. The summed E-state index contributed by atoms with van der Waals surface area (Å²) in [5, 5.41) is 0. The van der Waals surface area contributed by atoms with Gasteiger partial charge in [0.25, 0.3) is 0 Å². The zero-order valence-electron chi connectivity index (χ0n) is 6.62. The van der Waals surface area contributed by atoms with E-state index in [1.165, 1.54) is 0 Å².